The van der Waals surface area contributed by atoms with Gasteiger partial charge in [-0.05, 0) is 48.7 Å². The van der Waals surface area contributed by atoms with Crippen molar-refractivity contribution >= 4 is 33.0 Å². The largest absolute Gasteiger partial charge is 0.297 e. The van der Waals surface area contributed by atoms with Crippen LogP contribution in [0.1, 0.15) is 22.1 Å². The Bertz CT molecular complexity index is 817. The van der Waals surface area contributed by atoms with Crippen molar-refractivity contribution in [3.63, 3.8) is 0 Å². The van der Waals surface area contributed by atoms with Gasteiger partial charge >= 0.3 is 0 Å². The van der Waals surface area contributed by atoms with Gasteiger partial charge in [-0.15, -0.1) is 0 Å². The lowest BCUT2D eigenvalue weighted by atomic mass is 10.0. The second-order valence-corrected chi connectivity index (χ2v) is 8.27. The van der Waals surface area contributed by atoms with Gasteiger partial charge in [0.05, 0.1) is 4.90 Å². The molecular weight excluding hydrogens is 341 g/mol. The van der Waals surface area contributed by atoms with Gasteiger partial charge in [0.15, 0.2) is 9.84 Å². The highest BCUT2D eigenvalue weighted by atomic mass is 35.5. The molecule has 0 fully saturated rings. The molecule has 0 saturated carbocycles. The van der Waals surface area contributed by atoms with Crippen LogP contribution in [0.15, 0.2) is 41.3 Å². The lowest BCUT2D eigenvalue weighted by Crippen LogP contribution is -2.35. The highest BCUT2D eigenvalue weighted by Crippen LogP contribution is 2.36. The molecule has 22 heavy (non-hydrogen) atoms. The molecule has 116 valence electrons. The number of nitrogens with one attached hydrogen (secondary N) is 1. The monoisotopic (exact) mass is 355 g/mol. The normalized spacial score (nSPS) is 18.0. The maximum atomic E-state index is 12.9. The van der Waals surface area contributed by atoms with E-state index < -0.39 is 15.2 Å². The number of hydrogen-bond acceptors (Lipinski definition) is 3. The third kappa shape index (κ3) is 2.76. The number of halogens is 2. The van der Waals surface area contributed by atoms with Crippen molar-refractivity contribution in [1.82, 2.24) is 5.32 Å². The molecule has 3 rings (SSSR count). The van der Waals surface area contributed by atoms with Crippen LogP contribution < -0.4 is 5.32 Å². The highest BCUT2D eigenvalue weighted by Gasteiger charge is 2.33. The predicted octanol–water partition coefficient (Wildman–Crippen LogP) is 3.92. The zero-order valence-electron chi connectivity index (χ0n) is 11.9. The van der Waals surface area contributed by atoms with E-state index in [9.17, 15) is 8.42 Å². The van der Waals surface area contributed by atoms with Crippen molar-refractivity contribution < 1.29 is 8.42 Å². The van der Waals surface area contributed by atoms with Crippen LogP contribution in [0, 0.1) is 6.92 Å². The second-order valence-electron chi connectivity index (χ2n) is 5.40. The number of fused-ring (bicyclic) bond motifs is 1. The quantitative estimate of drug-likeness (QED) is 0.887. The molecule has 1 N–H and O–H groups in total. The van der Waals surface area contributed by atoms with Crippen LogP contribution in [0.5, 0.6) is 0 Å². The number of rotatable bonds is 2. The summed E-state index contributed by atoms with van der Waals surface area (Å²) in [5, 5.41) is 3.22. The smallest absolute Gasteiger partial charge is 0.198 e. The maximum absolute atomic E-state index is 12.9. The number of aryl methyl sites for hydroxylation is 1. The predicted molar refractivity (Wildman–Crippen MR) is 89.3 cm³/mol. The van der Waals surface area contributed by atoms with Gasteiger partial charge in [-0.2, -0.15) is 0 Å². The van der Waals surface area contributed by atoms with E-state index in [1.165, 1.54) is 0 Å². The Balaban J connectivity index is 2.12. The summed E-state index contributed by atoms with van der Waals surface area (Å²) in [7, 11) is -3.55. The molecule has 0 spiro atoms. The van der Waals surface area contributed by atoms with Crippen molar-refractivity contribution in [2.75, 3.05) is 6.54 Å². The molecule has 1 heterocycles. The van der Waals surface area contributed by atoms with E-state index in [4.69, 9.17) is 23.2 Å². The molecule has 1 aliphatic heterocycles. The third-order valence-corrected chi connectivity index (χ3v) is 6.37. The van der Waals surface area contributed by atoms with E-state index in [1.54, 1.807) is 36.4 Å². The topological polar surface area (TPSA) is 46.2 Å². The van der Waals surface area contributed by atoms with Crippen molar-refractivity contribution in [3.05, 3.63) is 63.1 Å². The first-order valence-electron chi connectivity index (χ1n) is 6.91. The van der Waals surface area contributed by atoms with Crippen LogP contribution in [-0.4, -0.2) is 15.0 Å². The lowest BCUT2D eigenvalue weighted by Gasteiger charge is -2.27. The molecule has 2 aromatic rings. The fourth-order valence-electron chi connectivity index (χ4n) is 2.70. The van der Waals surface area contributed by atoms with Crippen LogP contribution in [0.25, 0.3) is 0 Å². The summed E-state index contributed by atoms with van der Waals surface area (Å²) >= 11 is 12.3. The van der Waals surface area contributed by atoms with E-state index in [-0.39, 0.29) is 0 Å². The summed E-state index contributed by atoms with van der Waals surface area (Å²) in [6.07, 6.45) is 0.686. The molecular formula is C16H15Cl2NO2S. The number of benzene rings is 2. The third-order valence-electron chi connectivity index (χ3n) is 3.84. The van der Waals surface area contributed by atoms with Crippen LogP contribution in [0.4, 0.5) is 0 Å². The van der Waals surface area contributed by atoms with Gasteiger partial charge in [-0.3, -0.25) is 5.32 Å². The fourth-order valence-corrected chi connectivity index (χ4v) is 4.97. The summed E-state index contributed by atoms with van der Waals surface area (Å²) < 4.78 is 25.9. The van der Waals surface area contributed by atoms with Crippen molar-refractivity contribution in [1.29, 1.82) is 0 Å². The summed E-state index contributed by atoms with van der Waals surface area (Å²) in [4.78, 5) is 0.291. The van der Waals surface area contributed by atoms with Gasteiger partial charge in [-0.25, -0.2) is 8.42 Å². The van der Waals surface area contributed by atoms with Gasteiger partial charge in [0.1, 0.15) is 5.37 Å². The lowest BCUT2D eigenvalue weighted by molar-refractivity contribution is 0.542. The first-order chi connectivity index (χ1) is 10.4. The molecule has 0 amide bonds. The zero-order valence-corrected chi connectivity index (χ0v) is 14.3. The molecule has 1 atom stereocenters. The molecule has 0 bridgehead atoms. The van der Waals surface area contributed by atoms with Gasteiger partial charge in [0, 0.05) is 16.6 Å². The Hall–Kier alpha value is -1.07. The highest BCUT2D eigenvalue weighted by molar-refractivity contribution is 7.91. The van der Waals surface area contributed by atoms with E-state index in [1.807, 2.05) is 6.92 Å². The Labute approximate surface area is 140 Å². The molecule has 1 unspecified atom stereocenters. The molecule has 0 aliphatic carbocycles. The SMILES string of the molecule is Cc1ccc(S(=O)(=O)C2NCCc3c(Cl)cc(Cl)cc32)cc1. The molecule has 2 aromatic carbocycles. The minimum atomic E-state index is -3.55. The van der Waals surface area contributed by atoms with E-state index >= 15 is 0 Å². The summed E-state index contributed by atoms with van der Waals surface area (Å²) in [6, 6.07) is 10.2. The molecule has 6 heteroatoms. The van der Waals surface area contributed by atoms with Gasteiger partial charge in [-0.1, -0.05) is 40.9 Å². The van der Waals surface area contributed by atoms with Crippen molar-refractivity contribution in [2.24, 2.45) is 0 Å². The fraction of sp³-hybridized carbons (Fsp3) is 0.250. The molecule has 3 nitrogen and oxygen atoms in total. The summed E-state index contributed by atoms with van der Waals surface area (Å²) in [5.41, 5.74) is 2.51. The molecule has 1 aliphatic rings. The second kappa shape index (κ2) is 5.85. The van der Waals surface area contributed by atoms with Crippen molar-refractivity contribution in [2.45, 2.75) is 23.6 Å². The van der Waals surface area contributed by atoms with Crippen molar-refractivity contribution in [3.8, 4) is 0 Å². The number of sulfone groups is 1. The minimum absolute atomic E-state index is 0.291. The minimum Gasteiger partial charge on any atom is -0.297 e. The maximum Gasteiger partial charge on any atom is 0.198 e. The molecule has 0 aromatic heterocycles. The average molecular weight is 356 g/mol. The van der Waals surface area contributed by atoms with E-state index in [0.29, 0.717) is 33.5 Å². The zero-order chi connectivity index (χ0) is 15.9. The van der Waals surface area contributed by atoms with Crippen LogP contribution in [0.2, 0.25) is 10.0 Å². The average Bonchev–Trinajstić information content (AvgIpc) is 2.47. The van der Waals surface area contributed by atoms with Gasteiger partial charge < -0.3 is 0 Å². The Morgan fingerprint density at radius 1 is 1.14 bits per heavy atom. The van der Waals surface area contributed by atoms with Crippen LogP contribution in [-0.2, 0) is 16.3 Å². The first kappa shape index (κ1) is 15.8. The van der Waals surface area contributed by atoms with Gasteiger partial charge in [0.25, 0.3) is 0 Å². The van der Waals surface area contributed by atoms with E-state index in [0.717, 1.165) is 11.1 Å². The van der Waals surface area contributed by atoms with Crippen LogP contribution in [0.3, 0.4) is 0 Å². The standard InChI is InChI=1S/C16H15Cl2NO2S/c1-10-2-4-12(5-3-10)22(20,21)16-14-8-11(17)9-15(18)13(14)6-7-19-16/h2-5,8-9,16,19H,6-7H2,1H3. The summed E-state index contributed by atoms with van der Waals surface area (Å²) in [5.74, 6) is 0. The number of hydrogen-bond donors (Lipinski definition) is 1. The Kier molecular flexibility index (Phi) is 4.21. The Morgan fingerprint density at radius 3 is 2.50 bits per heavy atom. The van der Waals surface area contributed by atoms with E-state index in [2.05, 4.69) is 5.32 Å². The molecule has 0 saturated heterocycles. The first-order valence-corrected chi connectivity index (χ1v) is 9.21. The summed E-state index contributed by atoms with van der Waals surface area (Å²) in [6.45, 7) is 2.48. The van der Waals surface area contributed by atoms with Crippen LogP contribution >= 0.6 is 23.2 Å². The Morgan fingerprint density at radius 2 is 1.82 bits per heavy atom. The molecule has 0 radical (unpaired) electrons. The van der Waals surface area contributed by atoms with Gasteiger partial charge in [0.2, 0.25) is 0 Å².